The summed E-state index contributed by atoms with van der Waals surface area (Å²) in [6.45, 7) is 1.43. The number of urea groups is 1. The number of nitrogens with one attached hydrogen (secondary N) is 2. The summed E-state index contributed by atoms with van der Waals surface area (Å²) < 4.78 is 35.0. The van der Waals surface area contributed by atoms with Crippen molar-refractivity contribution in [3.05, 3.63) is 58.7 Å². The highest BCUT2D eigenvalue weighted by molar-refractivity contribution is 9.10. The number of amides is 2. The van der Waals surface area contributed by atoms with Crippen molar-refractivity contribution >= 4 is 33.3 Å². The van der Waals surface area contributed by atoms with Gasteiger partial charge >= 0.3 is 6.03 Å². The lowest BCUT2D eigenvalue weighted by Crippen LogP contribution is -2.19. The first-order chi connectivity index (χ1) is 15.2. The van der Waals surface area contributed by atoms with Crippen LogP contribution in [0.1, 0.15) is 6.42 Å². The highest BCUT2D eigenvalue weighted by Gasteiger charge is 2.16. The molecule has 7 nitrogen and oxygen atoms in total. The van der Waals surface area contributed by atoms with E-state index in [9.17, 15) is 13.6 Å². The zero-order chi connectivity index (χ0) is 23.3. The molecule has 0 aliphatic carbocycles. The van der Waals surface area contributed by atoms with Crippen LogP contribution in [0.2, 0.25) is 0 Å². The fraction of sp³-hybridized carbons (Fsp3) is 0.273. The monoisotopic (exact) mass is 507 g/mol. The number of nitrogens with zero attached hydrogens (tertiary/aromatic N) is 3. The third-order valence-electron chi connectivity index (χ3n) is 4.57. The summed E-state index contributed by atoms with van der Waals surface area (Å²) >= 11 is 3.51. The van der Waals surface area contributed by atoms with E-state index in [0.717, 1.165) is 40.8 Å². The first-order valence-electron chi connectivity index (χ1n) is 9.87. The molecule has 0 unspecified atom stereocenters. The van der Waals surface area contributed by atoms with Crippen LogP contribution in [0.15, 0.2) is 47.1 Å². The molecule has 0 saturated carbocycles. The van der Waals surface area contributed by atoms with E-state index < -0.39 is 17.7 Å². The van der Waals surface area contributed by atoms with Crippen molar-refractivity contribution in [3.63, 3.8) is 0 Å². The molecular formula is C22H24BrF2N5O2. The maximum absolute atomic E-state index is 13.4. The van der Waals surface area contributed by atoms with Gasteiger partial charge in [-0.25, -0.2) is 13.6 Å². The van der Waals surface area contributed by atoms with Crippen molar-refractivity contribution in [1.82, 2.24) is 14.7 Å². The van der Waals surface area contributed by atoms with Crippen molar-refractivity contribution in [2.45, 2.75) is 6.42 Å². The first-order valence-corrected chi connectivity index (χ1v) is 10.7. The van der Waals surface area contributed by atoms with Crippen molar-refractivity contribution in [3.8, 4) is 17.0 Å². The normalized spacial score (nSPS) is 11.0. The molecule has 170 valence electrons. The number of carbonyl (C=O) groups is 1. The van der Waals surface area contributed by atoms with Gasteiger partial charge in [0.25, 0.3) is 0 Å². The van der Waals surface area contributed by atoms with E-state index in [0.29, 0.717) is 18.0 Å². The Kier molecular flexibility index (Phi) is 7.81. The molecule has 0 bridgehead atoms. The molecule has 2 N–H and O–H groups in total. The number of aromatic nitrogens is 2. The van der Waals surface area contributed by atoms with Crippen molar-refractivity contribution < 1.29 is 18.3 Å². The summed E-state index contributed by atoms with van der Waals surface area (Å²) in [5.74, 6) is -1.37. The molecule has 10 heteroatoms. The average molecular weight is 508 g/mol. The van der Waals surface area contributed by atoms with Gasteiger partial charge in [-0.3, -0.25) is 4.68 Å². The molecule has 0 spiro atoms. The number of rotatable bonds is 8. The van der Waals surface area contributed by atoms with E-state index >= 15 is 0 Å². The summed E-state index contributed by atoms with van der Waals surface area (Å²) in [7, 11) is 5.82. The minimum absolute atomic E-state index is 0.136. The van der Waals surface area contributed by atoms with Crippen LogP contribution in [0, 0.1) is 11.6 Å². The van der Waals surface area contributed by atoms with Gasteiger partial charge < -0.3 is 20.3 Å². The molecule has 0 fully saturated rings. The van der Waals surface area contributed by atoms with Gasteiger partial charge in [0.2, 0.25) is 0 Å². The van der Waals surface area contributed by atoms with Crippen LogP contribution in [0.3, 0.4) is 0 Å². The van der Waals surface area contributed by atoms with E-state index in [1.165, 1.54) is 6.07 Å². The Morgan fingerprint density at radius 1 is 1.12 bits per heavy atom. The summed E-state index contributed by atoms with van der Waals surface area (Å²) in [6.07, 6.45) is 2.54. The van der Waals surface area contributed by atoms with Crippen LogP contribution in [-0.4, -0.2) is 48.0 Å². The van der Waals surface area contributed by atoms with Crippen LogP contribution in [-0.2, 0) is 7.05 Å². The predicted octanol–water partition coefficient (Wildman–Crippen LogP) is 5.10. The molecular weight excluding hydrogens is 484 g/mol. The molecule has 0 saturated heterocycles. The quantitative estimate of drug-likeness (QED) is 0.416. The highest BCUT2D eigenvalue weighted by Crippen LogP contribution is 2.36. The maximum atomic E-state index is 13.4. The Morgan fingerprint density at radius 2 is 1.81 bits per heavy atom. The number of halogens is 3. The zero-order valence-corrected chi connectivity index (χ0v) is 19.5. The standard InChI is InChI=1S/C22H24BrF2N5O2/c1-29(2)9-4-10-32-20-8-6-14(11-16(20)21-17(23)13-26-30(21)3)27-22(31)28-15-5-7-18(24)19(25)12-15/h5-8,11-13H,4,9-10H2,1-3H3,(H2,27,28,31). The number of benzene rings is 2. The van der Waals surface area contributed by atoms with Gasteiger partial charge in [0, 0.05) is 36.6 Å². The Morgan fingerprint density at radius 3 is 2.44 bits per heavy atom. The Labute approximate surface area is 193 Å². The molecule has 1 aromatic heterocycles. The number of aryl methyl sites for hydroxylation is 1. The first kappa shape index (κ1) is 23.7. The predicted molar refractivity (Wildman–Crippen MR) is 124 cm³/mol. The molecule has 3 aromatic rings. The number of ether oxygens (including phenoxy) is 1. The van der Waals surface area contributed by atoms with Crippen LogP contribution >= 0.6 is 15.9 Å². The molecule has 0 aliphatic heterocycles. The second kappa shape index (κ2) is 10.6. The lowest BCUT2D eigenvalue weighted by molar-refractivity contribution is 0.262. The Balaban J connectivity index is 1.80. The van der Waals surface area contributed by atoms with Crippen LogP contribution in [0.25, 0.3) is 11.3 Å². The highest BCUT2D eigenvalue weighted by atomic mass is 79.9. The molecule has 0 atom stereocenters. The maximum Gasteiger partial charge on any atom is 0.323 e. The van der Waals surface area contributed by atoms with E-state index in [1.807, 2.05) is 21.1 Å². The Bertz CT molecular complexity index is 1080. The van der Waals surface area contributed by atoms with Gasteiger partial charge in [0.15, 0.2) is 11.6 Å². The van der Waals surface area contributed by atoms with E-state index in [2.05, 4.69) is 36.6 Å². The van der Waals surface area contributed by atoms with Gasteiger partial charge in [0.1, 0.15) is 5.75 Å². The minimum Gasteiger partial charge on any atom is -0.493 e. The Hall–Kier alpha value is -2.98. The van der Waals surface area contributed by atoms with Gasteiger partial charge in [-0.2, -0.15) is 5.10 Å². The molecule has 0 aliphatic rings. The number of hydrogen-bond acceptors (Lipinski definition) is 4. The van der Waals surface area contributed by atoms with E-state index in [4.69, 9.17) is 4.74 Å². The largest absolute Gasteiger partial charge is 0.493 e. The third-order valence-corrected chi connectivity index (χ3v) is 5.15. The van der Waals surface area contributed by atoms with Gasteiger partial charge in [-0.1, -0.05) is 0 Å². The molecule has 1 heterocycles. The van der Waals surface area contributed by atoms with E-state index in [1.54, 1.807) is 29.1 Å². The summed E-state index contributed by atoms with van der Waals surface area (Å²) in [6, 6.07) is 7.81. The third kappa shape index (κ3) is 6.04. The number of carbonyl (C=O) groups excluding carboxylic acids is 1. The smallest absolute Gasteiger partial charge is 0.323 e. The lowest BCUT2D eigenvalue weighted by Gasteiger charge is -2.16. The number of anilines is 2. The second-order valence-electron chi connectivity index (χ2n) is 7.39. The van der Waals surface area contributed by atoms with Gasteiger partial charge in [-0.05, 0) is 66.8 Å². The van der Waals surface area contributed by atoms with Crippen LogP contribution < -0.4 is 15.4 Å². The molecule has 2 amide bonds. The van der Waals surface area contributed by atoms with Gasteiger partial charge in [0.05, 0.1) is 23.0 Å². The second-order valence-corrected chi connectivity index (χ2v) is 8.24. The molecule has 2 aromatic carbocycles. The van der Waals surface area contributed by atoms with E-state index in [-0.39, 0.29) is 5.69 Å². The van der Waals surface area contributed by atoms with Crippen molar-refractivity contribution in [2.24, 2.45) is 7.05 Å². The van der Waals surface area contributed by atoms with Crippen LogP contribution in [0.5, 0.6) is 5.75 Å². The summed E-state index contributed by atoms with van der Waals surface area (Å²) in [5.41, 5.74) is 2.16. The zero-order valence-electron chi connectivity index (χ0n) is 18.0. The molecule has 32 heavy (non-hydrogen) atoms. The fourth-order valence-corrected chi connectivity index (χ4v) is 3.62. The van der Waals surface area contributed by atoms with Crippen molar-refractivity contribution in [2.75, 3.05) is 37.9 Å². The van der Waals surface area contributed by atoms with Crippen LogP contribution in [0.4, 0.5) is 25.0 Å². The lowest BCUT2D eigenvalue weighted by atomic mass is 10.1. The topological polar surface area (TPSA) is 71.4 Å². The minimum atomic E-state index is -1.04. The molecule has 0 radical (unpaired) electrons. The summed E-state index contributed by atoms with van der Waals surface area (Å²) in [5, 5.41) is 9.44. The average Bonchev–Trinajstić information content (AvgIpc) is 3.06. The fourth-order valence-electron chi connectivity index (χ4n) is 3.06. The van der Waals surface area contributed by atoms with Crippen molar-refractivity contribution in [1.29, 1.82) is 0 Å². The SMILES string of the molecule is CN(C)CCCOc1ccc(NC(=O)Nc2ccc(F)c(F)c2)cc1-c1c(Br)cnn1C. The van der Waals surface area contributed by atoms with Gasteiger partial charge in [-0.15, -0.1) is 0 Å². The number of hydrogen-bond donors (Lipinski definition) is 2. The summed E-state index contributed by atoms with van der Waals surface area (Å²) in [4.78, 5) is 14.5. The molecule has 3 rings (SSSR count).